The van der Waals surface area contributed by atoms with Gasteiger partial charge in [-0.25, -0.2) is 5.43 Å². The van der Waals surface area contributed by atoms with Crippen LogP contribution in [0.1, 0.15) is 16.1 Å². The molecule has 2 N–H and O–H groups in total. The highest BCUT2D eigenvalue weighted by Gasteiger charge is 2.14. The predicted molar refractivity (Wildman–Crippen MR) is 105 cm³/mol. The highest BCUT2D eigenvalue weighted by atomic mass is 127. The fourth-order valence-electron chi connectivity index (χ4n) is 2.30. The Morgan fingerprint density at radius 1 is 1.37 bits per heavy atom. The lowest BCUT2D eigenvalue weighted by atomic mass is 10.2. The number of ether oxygens (including phenoxy) is 1. The van der Waals surface area contributed by atoms with E-state index in [2.05, 4.69) is 10.5 Å². The zero-order valence-corrected chi connectivity index (χ0v) is 16.0. The van der Waals surface area contributed by atoms with Crippen LogP contribution < -0.4 is 10.2 Å². The molecule has 2 aromatic carbocycles. The van der Waals surface area contributed by atoms with Crippen molar-refractivity contribution in [2.24, 2.45) is 5.10 Å². The number of rotatable bonds is 5. The second-order valence-electron chi connectivity index (χ2n) is 5.34. The summed E-state index contributed by atoms with van der Waals surface area (Å²) in [7, 11) is 1.43. The largest absolute Gasteiger partial charge is 0.504 e. The van der Waals surface area contributed by atoms with Crippen molar-refractivity contribution in [3.05, 3.63) is 61.4 Å². The van der Waals surface area contributed by atoms with E-state index in [1.807, 2.05) is 22.6 Å². The van der Waals surface area contributed by atoms with Crippen LogP contribution in [0.2, 0.25) is 0 Å². The van der Waals surface area contributed by atoms with E-state index in [4.69, 9.17) is 9.15 Å². The Labute approximate surface area is 165 Å². The van der Waals surface area contributed by atoms with Crippen LogP contribution in [0.5, 0.6) is 11.5 Å². The standard InChI is InChI=1S/C17H12IN3O6/c1-26-14-5-9(4-12(18)16(14)22)8-19-20-17(23)15-7-10-6-11(21(24)25)2-3-13(10)27-15/h2-8,22H,1H3,(H,20,23)/b19-8+. The molecule has 27 heavy (non-hydrogen) atoms. The first-order valence-corrected chi connectivity index (χ1v) is 8.55. The van der Waals surface area contributed by atoms with Crippen molar-refractivity contribution in [2.75, 3.05) is 7.11 Å². The number of amides is 1. The maximum atomic E-state index is 12.1. The van der Waals surface area contributed by atoms with E-state index in [0.29, 0.717) is 20.1 Å². The van der Waals surface area contributed by atoms with Gasteiger partial charge in [-0.1, -0.05) is 0 Å². The van der Waals surface area contributed by atoms with Crippen molar-refractivity contribution in [1.29, 1.82) is 0 Å². The second-order valence-corrected chi connectivity index (χ2v) is 6.50. The Bertz CT molecular complexity index is 1080. The van der Waals surface area contributed by atoms with Gasteiger partial charge in [-0.15, -0.1) is 0 Å². The van der Waals surface area contributed by atoms with Crippen molar-refractivity contribution < 1.29 is 24.0 Å². The number of nitro groups is 1. The SMILES string of the molecule is COc1cc(/C=N/NC(=O)c2cc3cc([N+](=O)[O-])ccc3o2)cc(I)c1O. The lowest BCUT2D eigenvalue weighted by molar-refractivity contribution is -0.384. The fraction of sp³-hybridized carbons (Fsp3) is 0.0588. The number of carbonyl (C=O) groups is 1. The highest BCUT2D eigenvalue weighted by molar-refractivity contribution is 14.1. The summed E-state index contributed by atoms with van der Waals surface area (Å²) in [6.07, 6.45) is 1.38. The van der Waals surface area contributed by atoms with Crippen molar-refractivity contribution in [1.82, 2.24) is 5.43 Å². The molecule has 9 nitrogen and oxygen atoms in total. The van der Waals surface area contributed by atoms with Crippen molar-refractivity contribution >= 4 is 51.4 Å². The van der Waals surface area contributed by atoms with Gasteiger partial charge in [0.05, 0.1) is 21.8 Å². The number of fused-ring (bicyclic) bond motifs is 1. The quantitative estimate of drug-likeness (QED) is 0.249. The molecule has 3 aromatic rings. The van der Waals surface area contributed by atoms with E-state index in [1.54, 1.807) is 12.1 Å². The van der Waals surface area contributed by atoms with E-state index in [-0.39, 0.29) is 22.9 Å². The van der Waals surface area contributed by atoms with Crippen molar-refractivity contribution in [2.45, 2.75) is 0 Å². The zero-order valence-electron chi connectivity index (χ0n) is 13.8. The number of carbonyl (C=O) groups excluding carboxylic acids is 1. The fourth-order valence-corrected chi connectivity index (χ4v) is 2.93. The summed E-state index contributed by atoms with van der Waals surface area (Å²) < 4.78 is 11.0. The van der Waals surface area contributed by atoms with Crippen LogP contribution in [-0.4, -0.2) is 29.3 Å². The molecule has 1 amide bonds. The summed E-state index contributed by atoms with van der Waals surface area (Å²) in [6.45, 7) is 0. The number of benzene rings is 2. The van der Waals surface area contributed by atoms with Crippen LogP contribution in [0.4, 0.5) is 5.69 Å². The van der Waals surface area contributed by atoms with Gasteiger partial charge in [-0.2, -0.15) is 5.10 Å². The Balaban J connectivity index is 1.76. The molecule has 0 saturated carbocycles. The minimum Gasteiger partial charge on any atom is -0.504 e. The number of phenols is 1. The van der Waals surface area contributed by atoms with E-state index < -0.39 is 10.8 Å². The molecular weight excluding hydrogens is 469 g/mol. The number of phenolic OH excluding ortho intramolecular Hbond substituents is 1. The highest BCUT2D eigenvalue weighted by Crippen LogP contribution is 2.31. The number of hydrazone groups is 1. The lowest BCUT2D eigenvalue weighted by Crippen LogP contribution is -2.16. The van der Waals surface area contributed by atoms with E-state index >= 15 is 0 Å². The molecule has 0 aliphatic rings. The summed E-state index contributed by atoms with van der Waals surface area (Å²) >= 11 is 1.95. The number of aromatic hydroxyl groups is 1. The third kappa shape index (κ3) is 4.00. The van der Waals surface area contributed by atoms with Crippen molar-refractivity contribution in [3.63, 3.8) is 0 Å². The van der Waals surface area contributed by atoms with Gasteiger partial charge in [-0.05, 0) is 52.4 Å². The van der Waals surface area contributed by atoms with Gasteiger partial charge in [0.15, 0.2) is 17.3 Å². The minimum absolute atomic E-state index is 0.0238. The average Bonchev–Trinajstić information content (AvgIpc) is 3.07. The molecule has 0 saturated heterocycles. The Hall–Kier alpha value is -3.15. The number of hydrogen-bond acceptors (Lipinski definition) is 7. The van der Waals surface area contributed by atoms with Gasteiger partial charge >= 0.3 is 5.91 Å². The minimum atomic E-state index is -0.606. The first-order chi connectivity index (χ1) is 12.9. The van der Waals surface area contributed by atoms with Crippen LogP contribution in [0.3, 0.4) is 0 Å². The Kier molecular flexibility index (Phi) is 5.26. The smallest absolute Gasteiger partial charge is 0.307 e. The number of furan rings is 1. The van der Waals surface area contributed by atoms with Gasteiger partial charge in [0, 0.05) is 17.5 Å². The summed E-state index contributed by atoms with van der Waals surface area (Å²) in [4.78, 5) is 22.4. The van der Waals surface area contributed by atoms with Crippen LogP contribution in [-0.2, 0) is 0 Å². The molecule has 0 spiro atoms. The molecule has 0 atom stereocenters. The van der Waals surface area contributed by atoms with E-state index in [0.717, 1.165) is 0 Å². The summed E-state index contributed by atoms with van der Waals surface area (Å²) in [5, 5.41) is 24.9. The number of nitrogens with one attached hydrogen (secondary N) is 1. The first-order valence-electron chi connectivity index (χ1n) is 7.47. The lowest BCUT2D eigenvalue weighted by Gasteiger charge is -2.06. The molecule has 0 aliphatic carbocycles. The molecule has 3 rings (SSSR count). The summed E-state index contributed by atoms with van der Waals surface area (Å²) in [5.74, 6) is -0.324. The zero-order chi connectivity index (χ0) is 19.6. The van der Waals surface area contributed by atoms with Crippen LogP contribution >= 0.6 is 22.6 Å². The Morgan fingerprint density at radius 2 is 2.15 bits per heavy atom. The van der Waals surface area contributed by atoms with Gasteiger partial charge in [0.25, 0.3) is 5.69 Å². The molecule has 0 unspecified atom stereocenters. The van der Waals surface area contributed by atoms with Gasteiger partial charge in [-0.3, -0.25) is 14.9 Å². The van der Waals surface area contributed by atoms with Crippen LogP contribution in [0, 0.1) is 13.7 Å². The molecule has 10 heteroatoms. The third-order valence-corrected chi connectivity index (χ3v) is 4.41. The van der Waals surface area contributed by atoms with E-state index in [9.17, 15) is 20.0 Å². The maximum Gasteiger partial charge on any atom is 0.307 e. The number of nitro benzene ring substituents is 1. The monoisotopic (exact) mass is 481 g/mol. The van der Waals surface area contributed by atoms with Crippen LogP contribution in [0.25, 0.3) is 11.0 Å². The molecular formula is C17H12IN3O6. The average molecular weight is 481 g/mol. The van der Waals surface area contributed by atoms with Gasteiger partial charge < -0.3 is 14.3 Å². The molecule has 1 heterocycles. The molecule has 0 bridgehead atoms. The number of halogens is 1. The second kappa shape index (κ2) is 7.61. The van der Waals surface area contributed by atoms with Gasteiger partial charge in [0.1, 0.15) is 5.58 Å². The molecule has 138 valence electrons. The number of non-ortho nitro benzene ring substituents is 1. The maximum absolute atomic E-state index is 12.1. The molecule has 0 radical (unpaired) electrons. The van der Waals surface area contributed by atoms with Crippen LogP contribution in [0.15, 0.2) is 45.9 Å². The van der Waals surface area contributed by atoms with Crippen molar-refractivity contribution in [3.8, 4) is 11.5 Å². The number of nitrogens with zero attached hydrogens (tertiary/aromatic N) is 2. The summed E-state index contributed by atoms with van der Waals surface area (Å²) in [6, 6.07) is 8.68. The third-order valence-electron chi connectivity index (χ3n) is 3.58. The normalized spacial score (nSPS) is 11.0. The Morgan fingerprint density at radius 3 is 2.85 bits per heavy atom. The molecule has 1 aromatic heterocycles. The topological polar surface area (TPSA) is 127 Å². The first kappa shape index (κ1) is 18.6. The van der Waals surface area contributed by atoms with Gasteiger partial charge in [0.2, 0.25) is 0 Å². The molecule has 0 aliphatic heterocycles. The van der Waals surface area contributed by atoms with E-state index in [1.165, 1.54) is 37.6 Å². The molecule has 0 fully saturated rings. The number of hydrogen-bond donors (Lipinski definition) is 2. The summed E-state index contributed by atoms with van der Waals surface area (Å²) in [5.41, 5.74) is 3.18. The number of methoxy groups -OCH3 is 1. The predicted octanol–water partition coefficient (Wildman–Crippen LogP) is 3.42.